The molecule has 4 aliphatic rings. The fourth-order valence-electron chi connectivity index (χ4n) is 8.81. The van der Waals surface area contributed by atoms with Crippen molar-refractivity contribution in [3.05, 3.63) is 0 Å². The second-order valence-corrected chi connectivity index (χ2v) is 11.5. The smallest absolute Gasteiger partial charge is 0.305 e. The average Bonchev–Trinajstić information content (AvgIpc) is 3.06. The van der Waals surface area contributed by atoms with E-state index in [4.69, 9.17) is 4.74 Å². The van der Waals surface area contributed by atoms with E-state index in [9.17, 15) is 15.0 Å². The molecule has 4 saturated carbocycles. The third kappa shape index (κ3) is 3.37. The van der Waals surface area contributed by atoms with E-state index in [2.05, 4.69) is 20.8 Å². The van der Waals surface area contributed by atoms with E-state index in [1.165, 1.54) is 32.8 Å². The molecule has 0 radical (unpaired) electrons. The Labute approximate surface area is 176 Å². The molecule has 4 fully saturated rings. The number of carbonyl (C=O) groups excluding carboxylic acids is 1. The van der Waals surface area contributed by atoms with Crippen LogP contribution in [0.15, 0.2) is 0 Å². The van der Waals surface area contributed by atoms with Gasteiger partial charge in [-0.05, 0) is 104 Å². The van der Waals surface area contributed by atoms with Crippen LogP contribution in [0.3, 0.4) is 0 Å². The lowest BCUT2D eigenvalue weighted by Crippen LogP contribution is -2.58. The van der Waals surface area contributed by atoms with Crippen molar-refractivity contribution in [1.82, 2.24) is 0 Å². The van der Waals surface area contributed by atoms with Gasteiger partial charge in [-0.1, -0.05) is 20.8 Å². The summed E-state index contributed by atoms with van der Waals surface area (Å²) in [4.78, 5) is 11.6. The molecular weight excluding hydrogens is 364 g/mol. The van der Waals surface area contributed by atoms with Crippen LogP contribution >= 0.6 is 0 Å². The molecule has 4 heteroatoms. The number of aliphatic hydroxyl groups excluding tert-OH is 2. The number of ether oxygens (including phenoxy) is 1. The summed E-state index contributed by atoms with van der Waals surface area (Å²) >= 11 is 0. The van der Waals surface area contributed by atoms with Crippen LogP contribution in [0.5, 0.6) is 0 Å². The topological polar surface area (TPSA) is 66.8 Å². The first-order valence-electron chi connectivity index (χ1n) is 12.1. The monoisotopic (exact) mass is 406 g/mol. The van der Waals surface area contributed by atoms with Gasteiger partial charge in [0.05, 0.1) is 19.3 Å². The van der Waals surface area contributed by atoms with Gasteiger partial charge >= 0.3 is 5.97 Å². The lowest BCUT2D eigenvalue weighted by Gasteiger charge is -2.62. The van der Waals surface area contributed by atoms with Crippen LogP contribution in [0.1, 0.15) is 85.0 Å². The Morgan fingerprint density at radius 3 is 2.55 bits per heavy atom. The zero-order valence-corrected chi connectivity index (χ0v) is 18.9. The second kappa shape index (κ2) is 7.82. The normalized spacial score (nSPS) is 50.2. The Hall–Kier alpha value is -0.610. The number of aliphatic hydroxyl groups is 2. The van der Waals surface area contributed by atoms with Gasteiger partial charge in [0.25, 0.3) is 0 Å². The van der Waals surface area contributed by atoms with E-state index >= 15 is 0 Å². The van der Waals surface area contributed by atoms with Gasteiger partial charge in [-0.2, -0.15) is 0 Å². The lowest BCUT2D eigenvalue weighted by atomic mass is 9.43. The summed E-state index contributed by atoms with van der Waals surface area (Å²) in [5, 5.41) is 21.8. The molecular formula is C25H42O4. The quantitative estimate of drug-likeness (QED) is 0.671. The molecule has 0 aliphatic heterocycles. The molecule has 29 heavy (non-hydrogen) atoms. The Balaban J connectivity index is 1.53. The molecule has 0 aromatic heterocycles. The third-order valence-corrected chi connectivity index (χ3v) is 10.5. The van der Waals surface area contributed by atoms with Gasteiger partial charge in [0.1, 0.15) is 0 Å². The highest BCUT2D eigenvalue weighted by molar-refractivity contribution is 5.69. The molecule has 0 heterocycles. The molecule has 7 unspecified atom stereocenters. The molecule has 10 atom stereocenters. The number of carbonyl (C=O) groups is 1. The van der Waals surface area contributed by atoms with E-state index in [1.807, 2.05) is 0 Å². The van der Waals surface area contributed by atoms with Crippen molar-refractivity contribution in [3.63, 3.8) is 0 Å². The number of hydrogen-bond acceptors (Lipinski definition) is 4. The maximum absolute atomic E-state index is 11.6. The molecule has 166 valence electrons. The van der Waals surface area contributed by atoms with E-state index in [-0.39, 0.29) is 23.6 Å². The minimum absolute atomic E-state index is 0.0198. The first-order chi connectivity index (χ1) is 13.7. The van der Waals surface area contributed by atoms with Crippen LogP contribution in [0.4, 0.5) is 0 Å². The molecule has 0 amide bonds. The van der Waals surface area contributed by atoms with Crippen molar-refractivity contribution in [2.24, 2.45) is 46.3 Å². The highest BCUT2D eigenvalue weighted by Gasteiger charge is 2.63. The zero-order chi connectivity index (χ0) is 21.0. The standard InChI is InChI=1S/C25H42O4/c1-15(5-10-23(28)29-4)19-8-9-20-18-7-6-16-13-17(26)11-12-24(16,2)21(18)14-22(27)25(19,20)3/h15-22,26-27H,5-14H2,1-4H3/t15?,16-,17?,18?,19?,20?,21?,22?,24+,25+/m0/s1. The fraction of sp³-hybridized carbons (Fsp3) is 0.960. The molecule has 0 saturated heterocycles. The molecule has 2 N–H and O–H groups in total. The number of rotatable bonds is 4. The van der Waals surface area contributed by atoms with Gasteiger partial charge in [-0.25, -0.2) is 0 Å². The fourth-order valence-corrected chi connectivity index (χ4v) is 8.81. The van der Waals surface area contributed by atoms with Crippen molar-refractivity contribution in [2.75, 3.05) is 7.11 Å². The maximum atomic E-state index is 11.6. The molecule has 4 aliphatic carbocycles. The Bertz CT molecular complexity index is 620. The van der Waals surface area contributed by atoms with Crippen molar-refractivity contribution in [2.45, 2.75) is 97.2 Å². The summed E-state index contributed by atoms with van der Waals surface area (Å²) in [6, 6.07) is 0. The van der Waals surface area contributed by atoms with E-state index in [0.717, 1.165) is 38.0 Å². The summed E-state index contributed by atoms with van der Waals surface area (Å²) in [7, 11) is 1.46. The van der Waals surface area contributed by atoms with Gasteiger partial charge in [0.15, 0.2) is 0 Å². The number of fused-ring (bicyclic) bond motifs is 5. The van der Waals surface area contributed by atoms with Crippen LogP contribution < -0.4 is 0 Å². The average molecular weight is 407 g/mol. The first-order valence-corrected chi connectivity index (χ1v) is 12.1. The van der Waals surface area contributed by atoms with Crippen LogP contribution in [0, 0.1) is 46.3 Å². The lowest BCUT2D eigenvalue weighted by molar-refractivity contribution is -0.175. The largest absolute Gasteiger partial charge is 0.469 e. The van der Waals surface area contributed by atoms with Crippen molar-refractivity contribution in [1.29, 1.82) is 0 Å². The number of esters is 1. The van der Waals surface area contributed by atoms with E-state index in [1.54, 1.807) is 0 Å². The zero-order valence-electron chi connectivity index (χ0n) is 18.9. The van der Waals surface area contributed by atoms with Gasteiger partial charge in [0, 0.05) is 6.42 Å². The summed E-state index contributed by atoms with van der Waals surface area (Å²) in [5.74, 6) is 3.36. The second-order valence-electron chi connectivity index (χ2n) is 11.5. The van der Waals surface area contributed by atoms with Crippen LogP contribution in [0.25, 0.3) is 0 Å². The summed E-state index contributed by atoms with van der Waals surface area (Å²) < 4.78 is 4.85. The highest BCUT2D eigenvalue weighted by Crippen LogP contribution is 2.68. The molecule has 0 bridgehead atoms. The van der Waals surface area contributed by atoms with Crippen molar-refractivity contribution < 1.29 is 19.7 Å². The van der Waals surface area contributed by atoms with Gasteiger partial charge in [-0.15, -0.1) is 0 Å². The van der Waals surface area contributed by atoms with Gasteiger partial charge in [-0.3, -0.25) is 4.79 Å². The van der Waals surface area contributed by atoms with Crippen LogP contribution in [-0.2, 0) is 9.53 Å². The Morgan fingerprint density at radius 2 is 1.83 bits per heavy atom. The molecule has 0 spiro atoms. The van der Waals surface area contributed by atoms with E-state index < -0.39 is 0 Å². The maximum Gasteiger partial charge on any atom is 0.305 e. The SMILES string of the molecule is COC(=O)CCC(C)C1CCC2C3CC[C@H]4CC(O)CC[C@@]4(C)C3CC(O)[C@]12C. The van der Waals surface area contributed by atoms with E-state index in [0.29, 0.717) is 41.4 Å². The summed E-state index contributed by atoms with van der Waals surface area (Å²) in [6.45, 7) is 7.12. The predicted molar refractivity (Wildman–Crippen MR) is 113 cm³/mol. The minimum atomic E-state index is -0.246. The van der Waals surface area contributed by atoms with Gasteiger partial charge in [0.2, 0.25) is 0 Å². The summed E-state index contributed by atoms with van der Waals surface area (Å²) in [6.07, 6.45) is 9.86. The molecule has 0 aromatic rings. The minimum Gasteiger partial charge on any atom is -0.469 e. The van der Waals surface area contributed by atoms with Crippen LogP contribution in [-0.4, -0.2) is 35.5 Å². The first kappa shape index (κ1) is 21.6. The van der Waals surface area contributed by atoms with Gasteiger partial charge < -0.3 is 14.9 Å². The summed E-state index contributed by atoms with van der Waals surface area (Å²) in [5.41, 5.74) is 0.271. The van der Waals surface area contributed by atoms with Crippen molar-refractivity contribution >= 4 is 5.97 Å². The Kier molecular flexibility index (Phi) is 5.83. The molecule has 4 rings (SSSR count). The predicted octanol–water partition coefficient (Wildman–Crippen LogP) is 4.57. The number of hydrogen-bond donors (Lipinski definition) is 2. The van der Waals surface area contributed by atoms with Crippen LogP contribution in [0.2, 0.25) is 0 Å². The molecule has 4 nitrogen and oxygen atoms in total. The highest BCUT2D eigenvalue weighted by atomic mass is 16.5. The number of methoxy groups -OCH3 is 1. The van der Waals surface area contributed by atoms with Crippen molar-refractivity contribution in [3.8, 4) is 0 Å². The molecule has 0 aromatic carbocycles. The Morgan fingerprint density at radius 1 is 1.07 bits per heavy atom. The third-order valence-electron chi connectivity index (χ3n) is 10.5.